The molecule has 2 atom stereocenters. The third-order valence-electron chi connectivity index (χ3n) is 4.05. The molecule has 1 aliphatic heterocycles. The molecule has 0 amide bonds. The molecule has 0 saturated heterocycles. The monoisotopic (exact) mass is 317 g/mol. The van der Waals surface area contributed by atoms with Gasteiger partial charge in [-0.05, 0) is 24.1 Å². The Bertz CT molecular complexity index is 774. The van der Waals surface area contributed by atoms with Crippen LogP contribution in [-0.2, 0) is 9.84 Å². The Morgan fingerprint density at radius 1 is 1.14 bits per heavy atom. The van der Waals surface area contributed by atoms with Gasteiger partial charge in [0.25, 0.3) is 0 Å². The average molecular weight is 317 g/mol. The van der Waals surface area contributed by atoms with Crippen molar-refractivity contribution >= 4 is 9.84 Å². The minimum atomic E-state index is -3.46. The quantitative estimate of drug-likeness (QED) is 0.888. The second kappa shape index (κ2) is 5.50. The maximum absolute atomic E-state index is 12.7. The van der Waals surface area contributed by atoms with Crippen LogP contribution in [0.3, 0.4) is 0 Å². The number of aliphatic hydroxyl groups is 1. The van der Waals surface area contributed by atoms with Gasteiger partial charge in [0.2, 0.25) is 0 Å². The summed E-state index contributed by atoms with van der Waals surface area (Å²) in [5, 5.41) is 13.1. The van der Waals surface area contributed by atoms with Crippen molar-refractivity contribution in [2.45, 2.75) is 23.4 Å². The van der Waals surface area contributed by atoms with Gasteiger partial charge in [0, 0.05) is 0 Å². The second-order valence-corrected chi connectivity index (χ2v) is 7.96. The molecule has 22 heavy (non-hydrogen) atoms. The van der Waals surface area contributed by atoms with Gasteiger partial charge in [-0.1, -0.05) is 48.5 Å². The highest BCUT2D eigenvalue weighted by Crippen LogP contribution is 2.34. The maximum atomic E-state index is 12.7. The Kier molecular flexibility index (Phi) is 3.80. The lowest BCUT2D eigenvalue weighted by atomic mass is 9.95. The summed E-state index contributed by atoms with van der Waals surface area (Å²) in [6, 6.07) is 16.5. The molecule has 2 aromatic carbocycles. The lowest BCUT2D eigenvalue weighted by Gasteiger charge is -2.31. The highest BCUT2D eigenvalue weighted by molar-refractivity contribution is 7.91. The van der Waals surface area contributed by atoms with Crippen LogP contribution in [0, 0.1) is 0 Å². The van der Waals surface area contributed by atoms with E-state index in [9.17, 15) is 13.5 Å². The fourth-order valence-corrected chi connectivity index (χ4v) is 4.97. The topological polar surface area (TPSA) is 66.4 Å². The number of aliphatic hydroxyl groups excluding tert-OH is 1. The van der Waals surface area contributed by atoms with Gasteiger partial charge in [0.05, 0.1) is 28.8 Å². The van der Waals surface area contributed by atoms with Gasteiger partial charge in [-0.3, -0.25) is 5.32 Å². The van der Waals surface area contributed by atoms with E-state index in [0.717, 1.165) is 11.1 Å². The van der Waals surface area contributed by atoms with Crippen molar-refractivity contribution in [2.24, 2.45) is 0 Å². The normalized spacial score (nSPS) is 26.9. The molecule has 0 spiro atoms. The minimum Gasteiger partial charge on any atom is -0.394 e. The molecule has 3 rings (SSSR count). The van der Waals surface area contributed by atoms with E-state index in [0.29, 0.717) is 4.90 Å². The molecule has 0 fully saturated rings. The first kappa shape index (κ1) is 15.2. The summed E-state index contributed by atoms with van der Waals surface area (Å²) in [6.07, 6.45) is 0. The highest BCUT2D eigenvalue weighted by atomic mass is 32.2. The largest absolute Gasteiger partial charge is 0.394 e. The Hall–Kier alpha value is -1.69. The summed E-state index contributed by atoms with van der Waals surface area (Å²) in [5.41, 5.74) is 0.816. The lowest BCUT2D eigenvalue weighted by Crippen LogP contribution is -2.50. The molecule has 0 aromatic heterocycles. The van der Waals surface area contributed by atoms with Crippen LogP contribution in [0.15, 0.2) is 59.5 Å². The van der Waals surface area contributed by atoms with Crippen LogP contribution in [0.4, 0.5) is 0 Å². The van der Waals surface area contributed by atoms with E-state index in [1.807, 2.05) is 42.5 Å². The summed E-state index contributed by atoms with van der Waals surface area (Å²) in [7, 11) is -3.46. The second-order valence-electron chi connectivity index (χ2n) is 6.00. The van der Waals surface area contributed by atoms with Gasteiger partial charge in [-0.2, -0.15) is 0 Å². The van der Waals surface area contributed by atoms with Crippen LogP contribution in [0.5, 0.6) is 0 Å². The van der Waals surface area contributed by atoms with Crippen molar-refractivity contribution in [1.82, 2.24) is 5.32 Å². The van der Waals surface area contributed by atoms with Gasteiger partial charge in [0.1, 0.15) is 0 Å². The fraction of sp³-hybridized carbons (Fsp3) is 0.294. The molecular formula is C17H19NO3S. The van der Waals surface area contributed by atoms with Gasteiger partial charge in [0.15, 0.2) is 9.84 Å². The highest BCUT2D eigenvalue weighted by Gasteiger charge is 2.39. The van der Waals surface area contributed by atoms with Crippen molar-refractivity contribution in [3.05, 3.63) is 65.7 Å². The predicted octanol–water partition coefficient (Wildman–Crippen LogP) is 1.90. The van der Waals surface area contributed by atoms with Gasteiger partial charge >= 0.3 is 0 Å². The van der Waals surface area contributed by atoms with Crippen LogP contribution in [0.2, 0.25) is 0 Å². The molecule has 2 aromatic rings. The number of hydrogen-bond donors (Lipinski definition) is 2. The van der Waals surface area contributed by atoms with Crippen molar-refractivity contribution < 1.29 is 13.5 Å². The summed E-state index contributed by atoms with van der Waals surface area (Å²) in [5.74, 6) is -0.128. The van der Waals surface area contributed by atoms with E-state index in [4.69, 9.17) is 0 Å². The average Bonchev–Trinajstić information content (AvgIpc) is 2.62. The molecule has 0 unspecified atom stereocenters. The first-order valence-corrected chi connectivity index (χ1v) is 8.86. The molecule has 4 nitrogen and oxygen atoms in total. The molecule has 0 saturated carbocycles. The van der Waals surface area contributed by atoms with Crippen molar-refractivity contribution in [3.63, 3.8) is 0 Å². The number of hydrogen-bond acceptors (Lipinski definition) is 4. The van der Waals surface area contributed by atoms with Gasteiger partial charge in [-0.15, -0.1) is 0 Å². The molecule has 1 aliphatic rings. The third kappa shape index (κ3) is 2.67. The zero-order chi connectivity index (χ0) is 15.8. The molecule has 5 heteroatoms. The Balaban J connectivity index is 2.23. The predicted molar refractivity (Wildman–Crippen MR) is 85.4 cm³/mol. The minimum absolute atomic E-state index is 0.128. The fourth-order valence-electron chi connectivity index (χ4n) is 2.97. The Morgan fingerprint density at radius 3 is 2.45 bits per heavy atom. The van der Waals surface area contributed by atoms with Crippen LogP contribution in [-0.4, -0.2) is 31.4 Å². The third-order valence-corrected chi connectivity index (χ3v) is 6.11. The number of benzene rings is 2. The van der Waals surface area contributed by atoms with Crippen molar-refractivity contribution in [3.8, 4) is 0 Å². The van der Waals surface area contributed by atoms with E-state index >= 15 is 0 Å². The maximum Gasteiger partial charge on any atom is 0.180 e. The van der Waals surface area contributed by atoms with Crippen LogP contribution >= 0.6 is 0 Å². The molecule has 116 valence electrons. The standard InChI is InChI=1S/C17H19NO3S/c1-17(11-19)12-22(20,21)15-10-6-5-9-14(15)16(18-17)13-7-3-2-4-8-13/h2-10,16,18-19H,11-12H2,1H3/t16-,17-/m0/s1. The zero-order valence-corrected chi connectivity index (χ0v) is 13.2. The molecule has 1 heterocycles. The SMILES string of the molecule is C[C@]1(CO)CS(=O)(=O)c2ccccc2[C@H](c2ccccc2)N1. The first-order valence-electron chi connectivity index (χ1n) is 7.20. The van der Waals surface area contributed by atoms with Crippen LogP contribution < -0.4 is 5.32 Å². The van der Waals surface area contributed by atoms with Gasteiger partial charge < -0.3 is 5.11 Å². The summed E-state index contributed by atoms with van der Waals surface area (Å²) in [6.45, 7) is 1.50. The number of nitrogens with one attached hydrogen (secondary N) is 1. The molecule has 2 N–H and O–H groups in total. The lowest BCUT2D eigenvalue weighted by molar-refractivity contribution is 0.183. The Labute approximate surface area is 130 Å². The number of fused-ring (bicyclic) bond motifs is 1. The summed E-state index contributed by atoms with van der Waals surface area (Å²) < 4.78 is 25.4. The first-order chi connectivity index (χ1) is 10.5. The smallest absolute Gasteiger partial charge is 0.180 e. The Morgan fingerprint density at radius 2 is 1.77 bits per heavy atom. The van der Waals surface area contributed by atoms with E-state index < -0.39 is 15.4 Å². The van der Waals surface area contributed by atoms with E-state index in [2.05, 4.69) is 5.32 Å². The van der Waals surface area contributed by atoms with Crippen LogP contribution in [0.1, 0.15) is 24.1 Å². The molecular weight excluding hydrogens is 298 g/mol. The van der Waals surface area contributed by atoms with Crippen molar-refractivity contribution in [1.29, 1.82) is 0 Å². The summed E-state index contributed by atoms with van der Waals surface area (Å²) >= 11 is 0. The zero-order valence-electron chi connectivity index (χ0n) is 12.4. The van der Waals surface area contributed by atoms with Gasteiger partial charge in [-0.25, -0.2) is 8.42 Å². The molecule has 0 bridgehead atoms. The summed E-state index contributed by atoms with van der Waals surface area (Å²) in [4.78, 5) is 0.341. The molecule has 0 radical (unpaired) electrons. The van der Waals surface area contributed by atoms with E-state index in [-0.39, 0.29) is 18.4 Å². The number of rotatable bonds is 2. The van der Waals surface area contributed by atoms with Crippen molar-refractivity contribution in [2.75, 3.05) is 12.4 Å². The number of sulfone groups is 1. The molecule has 0 aliphatic carbocycles. The van der Waals surface area contributed by atoms with E-state index in [1.165, 1.54) is 0 Å². The van der Waals surface area contributed by atoms with E-state index in [1.54, 1.807) is 19.1 Å². The van der Waals surface area contributed by atoms with Crippen LogP contribution in [0.25, 0.3) is 0 Å².